The number of carbonyl (C=O) groups excluding carboxylic acids is 1. The highest BCUT2D eigenvalue weighted by Crippen LogP contribution is 2.24. The molecule has 0 unspecified atom stereocenters. The van der Waals surface area contributed by atoms with Gasteiger partial charge in [0.1, 0.15) is 6.33 Å². The van der Waals surface area contributed by atoms with Crippen LogP contribution in [0.5, 0.6) is 5.75 Å². The molecule has 0 radical (unpaired) electrons. The first kappa shape index (κ1) is 16.4. The number of nitrogens with one attached hydrogen (secondary N) is 1. The normalized spacial score (nSPS) is 15.3. The van der Waals surface area contributed by atoms with E-state index in [-0.39, 0.29) is 17.8 Å². The number of imidazole rings is 1. The summed E-state index contributed by atoms with van der Waals surface area (Å²) in [4.78, 5) is 18.6. The van der Waals surface area contributed by atoms with E-state index < -0.39 is 5.82 Å². The lowest BCUT2D eigenvalue weighted by molar-refractivity contribution is 0.178. The fourth-order valence-electron chi connectivity index (χ4n) is 2.93. The number of nitrogens with zero attached hydrogens (tertiary/aromatic N) is 3. The topological polar surface area (TPSA) is 59.4 Å². The number of hydrogen-bond donors (Lipinski definition) is 1. The number of benzene rings is 1. The summed E-state index contributed by atoms with van der Waals surface area (Å²) in [5, 5.41) is 3.29. The molecule has 2 heterocycles. The first-order chi connectivity index (χ1) is 11.6. The number of hydrogen-bond acceptors (Lipinski definition) is 4. The van der Waals surface area contributed by atoms with E-state index in [0.29, 0.717) is 11.3 Å². The van der Waals surface area contributed by atoms with Crippen molar-refractivity contribution in [1.29, 1.82) is 0 Å². The molecule has 1 aromatic carbocycles. The van der Waals surface area contributed by atoms with E-state index in [1.165, 1.54) is 24.1 Å². The van der Waals surface area contributed by atoms with E-state index >= 15 is 0 Å². The van der Waals surface area contributed by atoms with Gasteiger partial charge in [0.2, 0.25) is 0 Å². The van der Waals surface area contributed by atoms with Crippen LogP contribution in [0.25, 0.3) is 11.3 Å². The number of piperidine rings is 1. The molecular formula is C17H21FN4O2. The fraction of sp³-hybridized carbons (Fsp3) is 0.412. The van der Waals surface area contributed by atoms with Gasteiger partial charge in [-0.3, -0.25) is 4.57 Å². The standard InChI is InChI=1S/C17H21FN4O2/c1-21(13-5-7-19-8-6-13)17(23)22-10-15(20-11-22)12-3-4-16(24-2)14(18)9-12/h3-4,9-11,13,19H,5-8H2,1-2H3. The van der Waals surface area contributed by atoms with Crippen molar-refractivity contribution in [1.82, 2.24) is 19.8 Å². The molecule has 1 aromatic heterocycles. The number of halogens is 1. The third-order valence-corrected chi connectivity index (χ3v) is 4.41. The smallest absolute Gasteiger partial charge is 0.329 e. The Labute approximate surface area is 140 Å². The summed E-state index contributed by atoms with van der Waals surface area (Å²) in [6, 6.07) is 4.71. The Morgan fingerprint density at radius 2 is 2.17 bits per heavy atom. The molecule has 7 heteroatoms. The van der Waals surface area contributed by atoms with E-state index in [1.807, 2.05) is 7.05 Å². The molecule has 0 saturated carbocycles. The lowest BCUT2D eigenvalue weighted by atomic mass is 10.1. The zero-order chi connectivity index (χ0) is 17.1. The van der Waals surface area contributed by atoms with Crippen molar-refractivity contribution >= 4 is 6.03 Å². The number of ether oxygens (including phenoxy) is 1. The maximum Gasteiger partial charge on any atom is 0.329 e. The lowest BCUT2D eigenvalue weighted by Crippen LogP contribution is -2.45. The molecule has 1 amide bonds. The molecule has 0 spiro atoms. The summed E-state index contributed by atoms with van der Waals surface area (Å²) < 4.78 is 20.2. The number of rotatable bonds is 3. The first-order valence-electron chi connectivity index (χ1n) is 7.96. The maximum absolute atomic E-state index is 13.8. The van der Waals surface area contributed by atoms with Crippen molar-refractivity contribution in [3.8, 4) is 17.0 Å². The second-order valence-electron chi connectivity index (χ2n) is 5.89. The third-order valence-electron chi connectivity index (χ3n) is 4.41. The van der Waals surface area contributed by atoms with Gasteiger partial charge >= 0.3 is 6.03 Å². The molecule has 1 fully saturated rings. The number of carbonyl (C=O) groups is 1. The molecule has 0 atom stereocenters. The fourth-order valence-corrected chi connectivity index (χ4v) is 2.93. The van der Waals surface area contributed by atoms with Gasteiger partial charge in [-0.05, 0) is 44.1 Å². The number of aromatic nitrogens is 2. The van der Waals surface area contributed by atoms with Crippen LogP contribution in [-0.2, 0) is 0 Å². The highest BCUT2D eigenvalue weighted by atomic mass is 19.1. The summed E-state index contributed by atoms with van der Waals surface area (Å²) in [6.45, 7) is 1.84. The highest BCUT2D eigenvalue weighted by molar-refractivity contribution is 5.78. The van der Waals surface area contributed by atoms with Crippen LogP contribution in [0.4, 0.5) is 9.18 Å². The number of methoxy groups -OCH3 is 1. The summed E-state index contributed by atoms with van der Waals surface area (Å²) in [7, 11) is 3.23. The molecule has 3 rings (SSSR count). The van der Waals surface area contributed by atoms with Crippen molar-refractivity contribution in [2.75, 3.05) is 27.2 Å². The number of amides is 1. The molecule has 2 aromatic rings. The van der Waals surface area contributed by atoms with Gasteiger partial charge in [-0.2, -0.15) is 0 Å². The molecule has 1 aliphatic rings. The van der Waals surface area contributed by atoms with Crippen LogP contribution in [0.1, 0.15) is 12.8 Å². The van der Waals surface area contributed by atoms with E-state index in [4.69, 9.17) is 4.74 Å². The summed E-state index contributed by atoms with van der Waals surface area (Å²) >= 11 is 0. The molecule has 6 nitrogen and oxygen atoms in total. The Morgan fingerprint density at radius 1 is 1.42 bits per heavy atom. The molecular weight excluding hydrogens is 311 g/mol. The van der Waals surface area contributed by atoms with Gasteiger partial charge in [-0.15, -0.1) is 0 Å². The Balaban J connectivity index is 1.77. The summed E-state index contributed by atoms with van der Waals surface area (Å²) in [6.07, 6.45) is 4.97. The molecule has 1 saturated heterocycles. The van der Waals surface area contributed by atoms with Gasteiger partial charge < -0.3 is 15.0 Å². The molecule has 1 aliphatic heterocycles. The Bertz CT molecular complexity index is 725. The van der Waals surface area contributed by atoms with E-state index in [9.17, 15) is 9.18 Å². The largest absolute Gasteiger partial charge is 0.494 e. The highest BCUT2D eigenvalue weighted by Gasteiger charge is 2.23. The van der Waals surface area contributed by atoms with Crippen LogP contribution < -0.4 is 10.1 Å². The minimum Gasteiger partial charge on any atom is -0.494 e. The molecule has 128 valence electrons. The Kier molecular flexibility index (Phi) is 4.80. The van der Waals surface area contributed by atoms with Crippen molar-refractivity contribution in [3.05, 3.63) is 36.5 Å². The first-order valence-corrected chi connectivity index (χ1v) is 7.96. The van der Waals surface area contributed by atoms with Crippen molar-refractivity contribution in [2.45, 2.75) is 18.9 Å². The van der Waals surface area contributed by atoms with E-state index in [0.717, 1.165) is 25.9 Å². The lowest BCUT2D eigenvalue weighted by Gasteiger charge is -2.31. The second kappa shape index (κ2) is 7.00. The quantitative estimate of drug-likeness (QED) is 0.937. The molecule has 24 heavy (non-hydrogen) atoms. The predicted octanol–water partition coefficient (Wildman–Crippen LogP) is 2.35. The van der Waals surface area contributed by atoms with Gasteiger partial charge in [0.15, 0.2) is 11.6 Å². The Morgan fingerprint density at radius 3 is 2.83 bits per heavy atom. The van der Waals surface area contributed by atoms with E-state index in [1.54, 1.807) is 23.2 Å². The third kappa shape index (κ3) is 3.26. The van der Waals surface area contributed by atoms with Gasteiger partial charge in [0.05, 0.1) is 12.8 Å². The molecule has 1 N–H and O–H groups in total. The average Bonchev–Trinajstić information content (AvgIpc) is 3.11. The zero-order valence-corrected chi connectivity index (χ0v) is 13.8. The minimum absolute atomic E-state index is 0.130. The van der Waals surface area contributed by atoms with Gasteiger partial charge in [0, 0.05) is 24.8 Å². The van der Waals surface area contributed by atoms with Crippen LogP contribution in [-0.4, -0.2) is 53.8 Å². The second-order valence-corrected chi connectivity index (χ2v) is 5.89. The minimum atomic E-state index is -0.456. The molecule has 0 aliphatic carbocycles. The van der Waals surface area contributed by atoms with Crippen molar-refractivity contribution in [2.24, 2.45) is 0 Å². The average molecular weight is 332 g/mol. The van der Waals surface area contributed by atoms with Crippen molar-refractivity contribution in [3.63, 3.8) is 0 Å². The predicted molar refractivity (Wildman–Crippen MR) is 88.6 cm³/mol. The van der Waals surface area contributed by atoms with Gasteiger partial charge in [-0.1, -0.05) is 0 Å². The zero-order valence-electron chi connectivity index (χ0n) is 13.8. The van der Waals surface area contributed by atoms with Crippen LogP contribution >= 0.6 is 0 Å². The summed E-state index contributed by atoms with van der Waals surface area (Å²) in [5.74, 6) is -0.275. The maximum atomic E-state index is 13.8. The monoisotopic (exact) mass is 332 g/mol. The van der Waals surface area contributed by atoms with E-state index in [2.05, 4.69) is 10.3 Å². The van der Waals surface area contributed by atoms with Gasteiger partial charge in [0.25, 0.3) is 0 Å². The van der Waals surface area contributed by atoms with Crippen LogP contribution in [0, 0.1) is 5.82 Å². The SMILES string of the molecule is COc1ccc(-c2cn(C(=O)N(C)C3CCNCC3)cn2)cc1F. The van der Waals surface area contributed by atoms with Crippen molar-refractivity contribution < 1.29 is 13.9 Å². The van der Waals surface area contributed by atoms with Crippen LogP contribution in [0.15, 0.2) is 30.7 Å². The van der Waals surface area contributed by atoms with Gasteiger partial charge in [-0.25, -0.2) is 14.2 Å². The summed E-state index contributed by atoms with van der Waals surface area (Å²) in [5.41, 5.74) is 1.15. The molecule has 0 bridgehead atoms. The van der Waals surface area contributed by atoms with Crippen LogP contribution in [0.3, 0.4) is 0 Å². The van der Waals surface area contributed by atoms with Crippen LogP contribution in [0.2, 0.25) is 0 Å². The Hall–Kier alpha value is -2.41.